The van der Waals surface area contributed by atoms with Crippen LogP contribution in [0.4, 0.5) is 17.3 Å². The lowest BCUT2D eigenvalue weighted by molar-refractivity contribution is 0.0995. The molecule has 1 amide bonds. The first-order valence-electron chi connectivity index (χ1n) is 9.12. The van der Waals surface area contributed by atoms with Gasteiger partial charge in [-0.1, -0.05) is 19.9 Å². The first-order valence-corrected chi connectivity index (χ1v) is 9.12. The highest BCUT2D eigenvalue weighted by Gasteiger charge is 2.18. The minimum absolute atomic E-state index is 0.124. The van der Waals surface area contributed by atoms with E-state index in [0.717, 1.165) is 43.0 Å². The quantitative estimate of drug-likeness (QED) is 0.856. The fourth-order valence-electron chi connectivity index (χ4n) is 3.27. The van der Waals surface area contributed by atoms with Crippen molar-refractivity contribution in [2.75, 3.05) is 23.3 Å². The predicted molar refractivity (Wildman–Crippen MR) is 103 cm³/mol. The van der Waals surface area contributed by atoms with Gasteiger partial charge in [-0.25, -0.2) is 4.98 Å². The fourth-order valence-corrected chi connectivity index (χ4v) is 3.27. The lowest BCUT2D eigenvalue weighted by atomic mass is 10.1. The van der Waals surface area contributed by atoms with Gasteiger partial charge < -0.3 is 16.0 Å². The summed E-state index contributed by atoms with van der Waals surface area (Å²) < 4.78 is 0. The average Bonchev–Trinajstić information content (AvgIpc) is 2.63. The van der Waals surface area contributed by atoms with Crippen molar-refractivity contribution < 1.29 is 4.79 Å². The van der Waals surface area contributed by atoms with E-state index in [1.165, 1.54) is 6.42 Å². The number of aryl methyl sites for hydroxylation is 1. The van der Waals surface area contributed by atoms with E-state index in [0.29, 0.717) is 17.4 Å². The molecule has 0 aromatic carbocycles. The molecule has 3 N–H and O–H groups in total. The van der Waals surface area contributed by atoms with Crippen LogP contribution < -0.4 is 16.0 Å². The number of aromatic nitrogens is 3. The molecule has 1 fully saturated rings. The fraction of sp³-hybridized carbons (Fsp3) is 0.474. The second-order valence-electron chi connectivity index (χ2n) is 7.06. The lowest BCUT2D eigenvalue weighted by Crippen LogP contribution is -2.31. The first kappa shape index (κ1) is 18.1. The number of rotatable bonds is 5. The predicted octanol–water partition coefficient (Wildman–Crippen LogP) is 3.14. The second kappa shape index (κ2) is 7.68. The number of hydrogen-bond acceptors (Lipinski definition) is 6. The molecule has 0 spiro atoms. The number of nitrogens with one attached hydrogen (secondary N) is 1. The van der Waals surface area contributed by atoms with Gasteiger partial charge in [0, 0.05) is 24.8 Å². The monoisotopic (exact) mass is 354 g/mol. The lowest BCUT2D eigenvalue weighted by Gasteiger charge is -2.27. The number of nitrogens with two attached hydrogens (primary N) is 1. The van der Waals surface area contributed by atoms with Crippen LogP contribution in [0.1, 0.15) is 60.8 Å². The van der Waals surface area contributed by atoms with Crippen molar-refractivity contribution in [3.63, 3.8) is 0 Å². The molecule has 1 aliphatic heterocycles. The number of pyridine rings is 1. The molecule has 3 rings (SSSR count). The van der Waals surface area contributed by atoms with Crippen LogP contribution in [0.5, 0.6) is 0 Å². The first-order chi connectivity index (χ1) is 12.5. The van der Waals surface area contributed by atoms with Crippen LogP contribution in [-0.2, 0) is 0 Å². The highest BCUT2D eigenvalue weighted by atomic mass is 16.1. The van der Waals surface area contributed by atoms with Crippen LogP contribution in [-0.4, -0.2) is 34.2 Å². The molecule has 0 saturated carbocycles. The smallest absolute Gasteiger partial charge is 0.271 e. The Morgan fingerprint density at radius 3 is 2.58 bits per heavy atom. The zero-order chi connectivity index (χ0) is 18.7. The van der Waals surface area contributed by atoms with Crippen molar-refractivity contribution in [1.29, 1.82) is 0 Å². The summed E-state index contributed by atoms with van der Waals surface area (Å²) >= 11 is 0. The molecule has 0 atom stereocenters. The molecule has 0 radical (unpaired) electrons. The average molecular weight is 354 g/mol. The Hall–Kier alpha value is -2.70. The van der Waals surface area contributed by atoms with Crippen LogP contribution >= 0.6 is 0 Å². The van der Waals surface area contributed by atoms with Crippen LogP contribution in [0.2, 0.25) is 0 Å². The van der Waals surface area contributed by atoms with Gasteiger partial charge in [0.05, 0.1) is 5.69 Å². The van der Waals surface area contributed by atoms with Gasteiger partial charge >= 0.3 is 0 Å². The Balaban J connectivity index is 1.94. The van der Waals surface area contributed by atoms with E-state index in [1.807, 2.05) is 25.1 Å². The number of piperidine rings is 1. The van der Waals surface area contributed by atoms with Gasteiger partial charge in [0.2, 0.25) is 0 Å². The van der Waals surface area contributed by atoms with Crippen LogP contribution in [0.15, 0.2) is 18.2 Å². The van der Waals surface area contributed by atoms with Crippen molar-refractivity contribution >= 4 is 23.2 Å². The van der Waals surface area contributed by atoms with E-state index in [4.69, 9.17) is 5.73 Å². The van der Waals surface area contributed by atoms with E-state index < -0.39 is 5.91 Å². The number of carbonyl (C=O) groups excluding carboxylic acids is 1. The third kappa shape index (κ3) is 3.92. The Morgan fingerprint density at radius 1 is 1.19 bits per heavy atom. The molecule has 0 unspecified atom stereocenters. The SMILES string of the molecule is Cc1ccc(Nc2cc(N3CCCCC3)nnc2C(N)=O)nc1C(C)C. The molecular weight excluding hydrogens is 328 g/mol. The Labute approximate surface area is 154 Å². The normalized spacial score (nSPS) is 14.5. The van der Waals surface area contributed by atoms with Crippen molar-refractivity contribution in [2.24, 2.45) is 5.73 Å². The number of nitrogens with zero attached hydrogens (tertiary/aromatic N) is 4. The molecule has 26 heavy (non-hydrogen) atoms. The zero-order valence-electron chi connectivity index (χ0n) is 15.6. The summed E-state index contributed by atoms with van der Waals surface area (Å²) in [4.78, 5) is 18.6. The van der Waals surface area contributed by atoms with Gasteiger partial charge in [-0.2, -0.15) is 0 Å². The third-order valence-corrected chi connectivity index (χ3v) is 4.64. The summed E-state index contributed by atoms with van der Waals surface area (Å²) in [6.07, 6.45) is 3.51. The highest BCUT2D eigenvalue weighted by Crippen LogP contribution is 2.26. The molecule has 138 valence electrons. The maximum atomic E-state index is 11.8. The van der Waals surface area contributed by atoms with Gasteiger partial charge in [-0.3, -0.25) is 4.79 Å². The number of carbonyl (C=O) groups is 1. The molecule has 1 saturated heterocycles. The highest BCUT2D eigenvalue weighted by molar-refractivity contribution is 5.97. The number of amides is 1. The Kier molecular flexibility index (Phi) is 5.35. The maximum absolute atomic E-state index is 11.8. The van der Waals surface area contributed by atoms with E-state index in [-0.39, 0.29) is 5.69 Å². The van der Waals surface area contributed by atoms with Crippen molar-refractivity contribution in [3.8, 4) is 0 Å². The zero-order valence-corrected chi connectivity index (χ0v) is 15.6. The van der Waals surface area contributed by atoms with Gasteiger partial charge in [-0.15, -0.1) is 10.2 Å². The topological polar surface area (TPSA) is 97.0 Å². The summed E-state index contributed by atoms with van der Waals surface area (Å²) in [6, 6.07) is 5.76. The second-order valence-corrected chi connectivity index (χ2v) is 7.06. The third-order valence-electron chi connectivity index (χ3n) is 4.64. The summed E-state index contributed by atoms with van der Waals surface area (Å²) in [5.41, 5.74) is 8.31. The van der Waals surface area contributed by atoms with E-state index >= 15 is 0 Å². The van der Waals surface area contributed by atoms with E-state index in [9.17, 15) is 4.79 Å². The molecule has 0 bridgehead atoms. The summed E-state index contributed by atoms with van der Waals surface area (Å²) in [5.74, 6) is 1.13. The van der Waals surface area contributed by atoms with Crippen molar-refractivity contribution in [2.45, 2.75) is 46.0 Å². The van der Waals surface area contributed by atoms with Crippen LogP contribution in [0.25, 0.3) is 0 Å². The molecule has 3 heterocycles. The van der Waals surface area contributed by atoms with Crippen molar-refractivity contribution in [1.82, 2.24) is 15.2 Å². The molecule has 0 aliphatic carbocycles. The standard InChI is InChI=1S/C19H26N6O/c1-12(2)17-13(3)7-8-15(22-17)21-14-11-16(23-24-18(14)19(20)26)25-9-5-4-6-10-25/h7-8,11-12H,4-6,9-10H2,1-3H3,(H2,20,26)(H,21,22,23). The molecule has 7 nitrogen and oxygen atoms in total. The van der Waals surface area contributed by atoms with Gasteiger partial charge in [-0.05, 0) is 43.7 Å². The Bertz CT molecular complexity index is 799. The van der Waals surface area contributed by atoms with Gasteiger partial charge in [0.25, 0.3) is 5.91 Å². The molecule has 2 aromatic heterocycles. The number of anilines is 3. The maximum Gasteiger partial charge on any atom is 0.271 e. The Morgan fingerprint density at radius 2 is 1.92 bits per heavy atom. The van der Waals surface area contributed by atoms with E-state index in [1.54, 1.807) is 0 Å². The van der Waals surface area contributed by atoms with E-state index in [2.05, 4.69) is 39.2 Å². The summed E-state index contributed by atoms with van der Waals surface area (Å²) in [6.45, 7) is 8.16. The van der Waals surface area contributed by atoms with Crippen LogP contribution in [0.3, 0.4) is 0 Å². The summed E-state index contributed by atoms with van der Waals surface area (Å²) in [7, 11) is 0. The number of hydrogen-bond donors (Lipinski definition) is 2. The number of primary amides is 1. The molecule has 7 heteroatoms. The molecule has 1 aliphatic rings. The largest absolute Gasteiger partial charge is 0.364 e. The molecule has 2 aromatic rings. The van der Waals surface area contributed by atoms with Crippen molar-refractivity contribution in [3.05, 3.63) is 35.2 Å². The molecular formula is C19H26N6O. The van der Waals surface area contributed by atoms with Crippen LogP contribution in [0, 0.1) is 6.92 Å². The van der Waals surface area contributed by atoms with Gasteiger partial charge in [0.15, 0.2) is 11.5 Å². The summed E-state index contributed by atoms with van der Waals surface area (Å²) in [5, 5.41) is 11.5. The minimum Gasteiger partial charge on any atom is -0.364 e. The van der Waals surface area contributed by atoms with Gasteiger partial charge in [0.1, 0.15) is 5.82 Å². The minimum atomic E-state index is -0.610.